The lowest BCUT2D eigenvalue weighted by Gasteiger charge is -2.31. The molecule has 37 heavy (non-hydrogen) atoms. The van der Waals surface area contributed by atoms with Crippen molar-refractivity contribution in [1.82, 2.24) is 10.2 Å². The topological polar surface area (TPSA) is 96.0 Å². The average molecular weight is 532 g/mol. The van der Waals surface area contributed by atoms with Crippen LogP contribution in [-0.4, -0.2) is 57.1 Å². The maximum absolute atomic E-state index is 13.4. The van der Waals surface area contributed by atoms with E-state index >= 15 is 0 Å². The minimum atomic E-state index is -3.56. The quantitative estimate of drug-likeness (QED) is 0.371. The fraction of sp³-hybridized carbons (Fsp3) is 0.500. The van der Waals surface area contributed by atoms with Crippen molar-refractivity contribution >= 4 is 27.5 Å². The molecule has 1 atom stereocenters. The molecule has 1 unspecified atom stereocenters. The van der Waals surface area contributed by atoms with Gasteiger partial charge >= 0.3 is 0 Å². The molecule has 0 saturated heterocycles. The zero-order valence-corrected chi connectivity index (χ0v) is 23.5. The highest BCUT2D eigenvalue weighted by molar-refractivity contribution is 7.92. The molecular weight excluding hydrogens is 490 g/mol. The minimum absolute atomic E-state index is 0.115. The first kappa shape index (κ1) is 30.2. The van der Waals surface area contributed by atoms with Gasteiger partial charge in [0.05, 0.1) is 18.6 Å². The van der Waals surface area contributed by atoms with Gasteiger partial charge in [-0.05, 0) is 55.5 Å². The molecule has 0 spiro atoms. The molecule has 0 bridgehead atoms. The van der Waals surface area contributed by atoms with Gasteiger partial charge in [-0.1, -0.05) is 51.1 Å². The Morgan fingerprint density at radius 3 is 2.19 bits per heavy atom. The van der Waals surface area contributed by atoms with Crippen molar-refractivity contribution in [1.29, 1.82) is 0 Å². The summed E-state index contributed by atoms with van der Waals surface area (Å²) in [4.78, 5) is 28.0. The van der Waals surface area contributed by atoms with E-state index in [1.165, 1.54) is 4.31 Å². The van der Waals surface area contributed by atoms with Crippen LogP contribution in [0, 0.1) is 5.92 Å². The number of rotatable bonds is 15. The largest absolute Gasteiger partial charge is 0.494 e. The summed E-state index contributed by atoms with van der Waals surface area (Å²) in [6.07, 6.45) is 2.06. The second kappa shape index (κ2) is 14.6. The zero-order valence-electron chi connectivity index (χ0n) is 22.6. The Labute approximate surface area is 222 Å². The van der Waals surface area contributed by atoms with Crippen molar-refractivity contribution in [3.05, 3.63) is 60.2 Å². The number of carbonyl (C=O) groups excluding carboxylic acids is 2. The molecular formula is C28H41N3O5S. The molecule has 0 aliphatic heterocycles. The molecule has 0 aliphatic rings. The van der Waals surface area contributed by atoms with E-state index in [1.54, 1.807) is 29.2 Å². The summed E-state index contributed by atoms with van der Waals surface area (Å²) in [7, 11) is -3.56. The second-order valence-electron chi connectivity index (χ2n) is 9.44. The molecule has 204 valence electrons. The molecule has 8 nitrogen and oxygen atoms in total. The maximum atomic E-state index is 13.4. The van der Waals surface area contributed by atoms with E-state index in [2.05, 4.69) is 5.32 Å². The van der Waals surface area contributed by atoms with Crippen LogP contribution in [0.2, 0.25) is 0 Å². The first-order chi connectivity index (χ1) is 17.6. The van der Waals surface area contributed by atoms with Crippen molar-refractivity contribution < 1.29 is 22.7 Å². The number of sulfonamides is 1. The van der Waals surface area contributed by atoms with Crippen LogP contribution in [0.15, 0.2) is 54.6 Å². The molecule has 2 amide bonds. The maximum Gasteiger partial charge on any atom is 0.242 e. The smallest absolute Gasteiger partial charge is 0.242 e. The van der Waals surface area contributed by atoms with Gasteiger partial charge in [-0.15, -0.1) is 0 Å². The number of nitrogens with zero attached hydrogens (tertiary/aromatic N) is 2. The van der Waals surface area contributed by atoms with E-state index in [0.717, 1.165) is 11.8 Å². The highest BCUT2D eigenvalue weighted by Gasteiger charge is 2.29. The van der Waals surface area contributed by atoms with Gasteiger partial charge in [0.1, 0.15) is 11.8 Å². The number of hydrogen-bond donors (Lipinski definition) is 1. The second-order valence-corrected chi connectivity index (χ2v) is 11.3. The summed E-state index contributed by atoms with van der Waals surface area (Å²) < 4.78 is 31.8. The molecule has 0 radical (unpaired) electrons. The van der Waals surface area contributed by atoms with Crippen LogP contribution in [0.5, 0.6) is 5.75 Å². The molecule has 2 aromatic rings. The van der Waals surface area contributed by atoms with Gasteiger partial charge in [-0.25, -0.2) is 8.42 Å². The van der Waals surface area contributed by atoms with Gasteiger partial charge < -0.3 is 15.0 Å². The van der Waals surface area contributed by atoms with Crippen molar-refractivity contribution in [3.63, 3.8) is 0 Å². The number of anilines is 1. The first-order valence-electron chi connectivity index (χ1n) is 12.9. The summed E-state index contributed by atoms with van der Waals surface area (Å²) in [6.45, 7) is 9.32. The summed E-state index contributed by atoms with van der Waals surface area (Å²) in [6, 6.07) is 15.8. The third kappa shape index (κ3) is 9.72. The van der Waals surface area contributed by atoms with Crippen molar-refractivity contribution in [2.45, 2.75) is 59.5 Å². The van der Waals surface area contributed by atoms with Crippen LogP contribution in [0.1, 0.15) is 52.5 Å². The van der Waals surface area contributed by atoms with Crippen LogP contribution in [-0.2, 0) is 26.2 Å². The lowest BCUT2D eigenvalue weighted by Crippen LogP contribution is -2.49. The van der Waals surface area contributed by atoms with Crippen LogP contribution in [0.25, 0.3) is 0 Å². The third-order valence-corrected chi connectivity index (χ3v) is 7.05. The van der Waals surface area contributed by atoms with Crippen molar-refractivity contribution in [2.24, 2.45) is 5.92 Å². The molecule has 0 aromatic heterocycles. The predicted octanol–water partition coefficient (Wildman–Crippen LogP) is 4.21. The lowest BCUT2D eigenvalue weighted by atomic mass is 10.1. The number of nitrogens with one attached hydrogen (secondary N) is 1. The molecule has 1 N–H and O–H groups in total. The summed E-state index contributed by atoms with van der Waals surface area (Å²) in [5.41, 5.74) is 1.44. The fourth-order valence-electron chi connectivity index (χ4n) is 4.00. The van der Waals surface area contributed by atoms with Crippen LogP contribution < -0.4 is 14.4 Å². The average Bonchev–Trinajstić information content (AvgIpc) is 2.86. The highest BCUT2D eigenvalue weighted by Crippen LogP contribution is 2.23. The van der Waals surface area contributed by atoms with E-state index in [4.69, 9.17) is 4.74 Å². The van der Waals surface area contributed by atoms with Crippen molar-refractivity contribution in [3.8, 4) is 5.75 Å². The van der Waals surface area contributed by atoms with Gasteiger partial charge in [-0.3, -0.25) is 13.9 Å². The third-order valence-electron chi connectivity index (χ3n) is 5.85. The molecule has 0 fully saturated rings. The Morgan fingerprint density at radius 2 is 1.65 bits per heavy atom. The lowest BCUT2D eigenvalue weighted by molar-refractivity contribution is -0.141. The molecule has 0 aliphatic carbocycles. The summed E-state index contributed by atoms with van der Waals surface area (Å²) in [5, 5.41) is 2.95. The summed E-state index contributed by atoms with van der Waals surface area (Å²) >= 11 is 0. The predicted molar refractivity (Wildman–Crippen MR) is 148 cm³/mol. The Kier molecular flexibility index (Phi) is 11.9. The number of hydrogen-bond acceptors (Lipinski definition) is 5. The normalized spacial score (nSPS) is 12.2. The Bertz CT molecular complexity index is 1090. The standard InChI is InChI=1S/C28H41N3O5S/c1-6-26(28(33)29-20-22(3)4)30(21-23-12-9-8-10-13-23)27(32)14-11-19-31(37(5,34)35)24-15-17-25(18-16-24)36-7-2/h8-10,12-13,15-18,22,26H,6-7,11,14,19-21H2,1-5H3,(H,29,33). The van der Waals surface area contributed by atoms with Gasteiger partial charge in [0.2, 0.25) is 21.8 Å². The molecule has 2 rings (SSSR count). The Balaban J connectivity index is 2.16. The number of ether oxygens (including phenoxy) is 1. The zero-order chi connectivity index (χ0) is 27.4. The van der Waals surface area contributed by atoms with Crippen LogP contribution in [0.3, 0.4) is 0 Å². The van der Waals surface area contributed by atoms with E-state index in [0.29, 0.717) is 49.9 Å². The Hall–Kier alpha value is -3.07. The monoisotopic (exact) mass is 531 g/mol. The minimum Gasteiger partial charge on any atom is -0.494 e. The van der Waals surface area contributed by atoms with E-state index in [1.807, 2.05) is 58.0 Å². The van der Waals surface area contributed by atoms with E-state index < -0.39 is 16.1 Å². The molecule has 0 heterocycles. The number of amides is 2. The molecule has 9 heteroatoms. The highest BCUT2D eigenvalue weighted by atomic mass is 32.2. The molecule has 0 saturated carbocycles. The first-order valence-corrected chi connectivity index (χ1v) is 14.7. The van der Waals surface area contributed by atoms with Crippen LogP contribution in [0.4, 0.5) is 5.69 Å². The number of benzene rings is 2. The number of carbonyl (C=O) groups is 2. The van der Waals surface area contributed by atoms with Crippen molar-refractivity contribution in [2.75, 3.05) is 30.3 Å². The van der Waals surface area contributed by atoms with Gasteiger partial charge in [-0.2, -0.15) is 0 Å². The van der Waals surface area contributed by atoms with Gasteiger partial charge in [0, 0.05) is 26.1 Å². The Morgan fingerprint density at radius 1 is 1.00 bits per heavy atom. The SMILES string of the molecule is CCOc1ccc(N(CCCC(=O)N(Cc2ccccc2)C(CC)C(=O)NCC(C)C)S(C)(=O)=O)cc1. The fourth-order valence-corrected chi connectivity index (χ4v) is 4.97. The van der Waals surface area contributed by atoms with E-state index in [-0.39, 0.29) is 24.8 Å². The van der Waals surface area contributed by atoms with Gasteiger partial charge in [0.25, 0.3) is 0 Å². The van der Waals surface area contributed by atoms with Crippen LogP contribution >= 0.6 is 0 Å². The summed E-state index contributed by atoms with van der Waals surface area (Å²) in [5.74, 6) is 0.597. The molecule has 2 aromatic carbocycles. The van der Waals surface area contributed by atoms with E-state index in [9.17, 15) is 18.0 Å². The van der Waals surface area contributed by atoms with Gasteiger partial charge in [0.15, 0.2) is 0 Å².